The lowest BCUT2D eigenvalue weighted by molar-refractivity contribution is -0.152. The van der Waals surface area contributed by atoms with Crippen molar-refractivity contribution in [1.29, 1.82) is 0 Å². The number of aliphatic carboxylic acids is 1. The summed E-state index contributed by atoms with van der Waals surface area (Å²) in [6.07, 6.45) is 7.56. The number of hydrogen-bond acceptors (Lipinski definition) is 2. The molecule has 3 nitrogen and oxygen atoms in total. The lowest BCUT2D eigenvalue weighted by atomic mass is 9.72. The van der Waals surface area contributed by atoms with Crippen molar-refractivity contribution in [3.8, 4) is 0 Å². The third-order valence-corrected chi connectivity index (χ3v) is 3.86. The van der Waals surface area contributed by atoms with Crippen molar-refractivity contribution in [2.24, 2.45) is 5.41 Å². The smallest absolute Gasteiger partial charge is 0.309 e. The van der Waals surface area contributed by atoms with E-state index in [1.165, 1.54) is 6.42 Å². The first-order chi connectivity index (χ1) is 7.60. The number of rotatable bonds is 4. The molecule has 1 saturated carbocycles. The highest BCUT2D eigenvalue weighted by Gasteiger charge is 2.39. The SMILES string of the molecule is CCC(O)CC1(C(=O)O)CCCCCCC1. The molecule has 1 aliphatic carbocycles. The van der Waals surface area contributed by atoms with Gasteiger partial charge in [-0.05, 0) is 25.7 Å². The van der Waals surface area contributed by atoms with E-state index >= 15 is 0 Å². The van der Waals surface area contributed by atoms with Gasteiger partial charge in [0.2, 0.25) is 0 Å². The predicted octanol–water partition coefficient (Wildman–Crippen LogP) is 2.96. The van der Waals surface area contributed by atoms with Crippen LogP contribution in [0.4, 0.5) is 0 Å². The van der Waals surface area contributed by atoms with Crippen LogP contribution >= 0.6 is 0 Å². The Morgan fingerprint density at radius 3 is 2.12 bits per heavy atom. The quantitative estimate of drug-likeness (QED) is 0.777. The van der Waals surface area contributed by atoms with Crippen LogP contribution in [0.15, 0.2) is 0 Å². The molecule has 0 amide bonds. The molecule has 3 heteroatoms. The average molecular weight is 228 g/mol. The van der Waals surface area contributed by atoms with Crippen LogP contribution in [-0.4, -0.2) is 22.3 Å². The van der Waals surface area contributed by atoms with Gasteiger partial charge in [-0.2, -0.15) is 0 Å². The molecule has 0 aromatic rings. The Morgan fingerprint density at radius 1 is 1.19 bits per heavy atom. The van der Waals surface area contributed by atoms with E-state index in [2.05, 4.69) is 0 Å². The number of hydrogen-bond donors (Lipinski definition) is 2. The molecule has 0 spiro atoms. The Kier molecular flexibility index (Phi) is 5.26. The largest absolute Gasteiger partial charge is 0.481 e. The minimum atomic E-state index is -0.707. The summed E-state index contributed by atoms with van der Waals surface area (Å²) in [6, 6.07) is 0. The van der Waals surface area contributed by atoms with Crippen molar-refractivity contribution in [2.45, 2.75) is 70.8 Å². The molecule has 1 unspecified atom stereocenters. The lowest BCUT2D eigenvalue weighted by Gasteiger charge is -2.32. The van der Waals surface area contributed by atoms with Crippen molar-refractivity contribution < 1.29 is 15.0 Å². The molecule has 2 N–H and O–H groups in total. The summed E-state index contributed by atoms with van der Waals surface area (Å²) in [5.41, 5.74) is -0.657. The third-order valence-electron chi connectivity index (χ3n) is 3.86. The Hall–Kier alpha value is -0.570. The van der Waals surface area contributed by atoms with Crippen molar-refractivity contribution >= 4 is 5.97 Å². The first-order valence-corrected chi connectivity index (χ1v) is 6.52. The van der Waals surface area contributed by atoms with E-state index in [-0.39, 0.29) is 0 Å². The second-order valence-corrected chi connectivity index (χ2v) is 5.12. The van der Waals surface area contributed by atoms with Crippen molar-refractivity contribution in [1.82, 2.24) is 0 Å². The second-order valence-electron chi connectivity index (χ2n) is 5.12. The minimum absolute atomic E-state index is 0.429. The van der Waals surface area contributed by atoms with Gasteiger partial charge >= 0.3 is 5.97 Å². The summed E-state index contributed by atoms with van der Waals surface area (Å²) in [4.78, 5) is 11.5. The van der Waals surface area contributed by atoms with Crippen LogP contribution in [0.3, 0.4) is 0 Å². The summed E-state index contributed by atoms with van der Waals surface area (Å²) in [6.45, 7) is 1.91. The minimum Gasteiger partial charge on any atom is -0.481 e. The van der Waals surface area contributed by atoms with Crippen molar-refractivity contribution in [3.63, 3.8) is 0 Å². The fourth-order valence-corrected chi connectivity index (χ4v) is 2.68. The van der Waals surface area contributed by atoms with Gasteiger partial charge in [0, 0.05) is 0 Å². The van der Waals surface area contributed by atoms with Gasteiger partial charge in [-0.1, -0.05) is 39.0 Å². The molecular weight excluding hydrogens is 204 g/mol. The van der Waals surface area contributed by atoms with Gasteiger partial charge in [0.25, 0.3) is 0 Å². The van der Waals surface area contributed by atoms with Gasteiger partial charge in [-0.15, -0.1) is 0 Å². The zero-order valence-corrected chi connectivity index (χ0v) is 10.2. The summed E-state index contributed by atoms with van der Waals surface area (Å²) >= 11 is 0. The molecule has 0 heterocycles. The van der Waals surface area contributed by atoms with Crippen LogP contribution in [-0.2, 0) is 4.79 Å². The van der Waals surface area contributed by atoms with Crippen LogP contribution in [0.5, 0.6) is 0 Å². The van der Waals surface area contributed by atoms with E-state index < -0.39 is 17.5 Å². The third kappa shape index (κ3) is 3.48. The van der Waals surface area contributed by atoms with Crippen LogP contribution in [0.25, 0.3) is 0 Å². The van der Waals surface area contributed by atoms with Gasteiger partial charge in [-0.3, -0.25) is 4.79 Å². The fraction of sp³-hybridized carbons (Fsp3) is 0.923. The second kappa shape index (κ2) is 6.24. The highest BCUT2D eigenvalue weighted by atomic mass is 16.4. The molecule has 0 aliphatic heterocycles. The number of aliphatic hydroxyl groups is 1. The Balaban J connectivity index is 2.71. The maximum atomic E-state index is 11.5. The Bertz CT molecular complexity index is 217. The zero-order valence-electron chi connectivity index (χ0n) is 10.2. The number of carbonyl (C=O) groups is 1. The van der Waals surface area contributed by atoms with Gasteiger partial charge in [0.1, 0.15) is 0 Å². The lowest BCUT2D eigenvalue weighted by Crippen LogP contribution is -2.35. The number of carboxylic acid groups (broad SMARTS) is 1. The van der Waals surface area contributed by atoms with E-state index in [9.17, 15) is 15.0 Å². The number of aliphatic hydroxyl groups excluding tert-OH is 1. The van der Waals surface area contributed by atoms with E-state index in [4.69, 9.17) is 0 Å². The topological polar surface area (TPSA) is 57.5 Å². The maximum Gasteiger partial charge on any atom is 0.309 e. The molecule has 16 heavy (non-hydrogen) atoms. The van der Waals surface area contributed by atoms with Gasteiger partial charge in [0.05, 0.1) is 11.5 Å². The standard InChI is InChI=1S/C13H24O3/c1-2-11(14)10-13(12(15)16)8-6-4-3-5-7-9-13/h11,14H,2-10H2,1H3,(H,15,16). The molecule has 0 aromatic carbocycles. The van der Waals surface area contributed by atoms with Crippen molar-refractivity contribution in [2.75, 3.05) is 0 Å². The summed E-state index contributed by atoms with van der Waals surface area (Å²) < 4.78 is 0. The first-order valence-electron chi connectivity index (χ1n) is 6.52. The van der Waals surface area contributed by atoms with Crippen LogP contribution in [0.2, 0.25) is 0 Å². The first kappa shape index (κ1) is 13.5. The maximum absolute atomic E-state index is 11.5. The normalized spacial score (nSPS) is 23.1. The predicted molar refractivity (Wildman–Crippen MR) is 63.3 cm³/mol. The molecule has 1 fully saturated rings. The summed E-state index contributed by atoms with van der Waals surface area (Å²) in [5, 5.41) is 19.2. The zero-order chi connectivity index (χ0) is 12.0. The van der Waals surface area contributed by atoms with Crippen molar-refractivity contribution in [3.05, 3.63) is 0 Å². The van der Waals surface area contributed by atoms with Crippen LogP contribution < -0.4 is 0 Å². The molecule has 0 aromatic heterocycles. The Labute approximate surface area is 97.9 Å². The van der Waals surface area contributed by atoms with E-state index in [0.717, 1.165) is 38.5 Å². The summed E-state index contributed by atoms with van der Waals surface area (Å²) in [7, 11) is 0. The van der Waals surface area contributed by atoms with E-state index in [0.29, 0.717) is 12.8 Å². The van der Waals surface area contributed by atoms with Crippen LogP contribution in [0.1, 0.15) is 64.7 Å². The highest BCUT2D eigenvalue weighted by molar-refractivity contribution is 5.74. The van der Waals surface area contributed by atoms with E-state index in [1.807, 2.05) is 6.92 Å². The molecule has 1 aliphatic rings. The fourth-order valence-electron chi connectivity index (χ4n) is 2.68. The molecule has 1 rings (SSSR count). The molecule has 0 bridgehead atoms. The van der Waals surface area contributed by atoms with E-state index in [1.54, 1.807) is 0 Å². The molecule has 0 radical (unpaired) electrons. The van der Waals surface area contributed by atoms with Gasteiger partial charge < -0.3 is 10.2 Å². The number of carboxylic acids is 1. The Morgan fingerprint density at radius 2 is 1.69 bits per heavy atom. The highest BCUT2D eigenvalue weighted by Crippen LogP contribution is 2.39. The monoisotopic (exact) mass is 228 g/mol. The summed E-state index contributed by atoms with van der Waals surface area (Å²) in [5.74, 6) is -0.707. The van der Waals surface area contributed by atoms with Gasteiger partial charge in [-0.25, -0.2) is 0 Å². The molecule has 0 saturated heterocycles. The van der Waals surface area contributed by atoms with Gasteiger partial charge in [0.15, 0.2) is 0 Å². The molecule has 94 valence electrons. The van der Waals surface area contributed by atoms with Crippen LogP contribution in [0, 0.1) is 5.41 Å². The molecule has 1 atom stereocenters. The average Bonchev–Trinajstić information content (AvgIpc) is 2.21. The molecular formula is C13H24O3.